The van der Waals surface area contributed by atoms with E-state index in [0.29, 0.717) is 0 Å². The van der Waals surface area contributed by atoms with Crippen LogP contribution in [0.5, 0.6) is 0 Å². The number of allylic oxidation sites excluding steroid dienone is 3. The van der Waals surface area contributed by atoms with E-state index in [1.807, 2.05) is 6.07 Å². The minimum Gasteiger partial charge on any atom is -0.455 e. The molecule has 0 unspecified atom stereocenters. The number of fused-ring (bicyclic) bond motifs is 6. The summed E-state index contributed by atoms with van der Waals surface area (Å²) >= 11 is 0. The average Bonchev–Trinajstić information content (AvgIpc) is 3.18. The van der Waals surface area contributed by atoms with E-state index in [1.54, 1.807) is 0 Å². The van der Waals surface area contributed by atoms with Crippen LogP contribution in [-0.2, 0) is 6.42 Å². The Bertz CT molecular complexity index is 2040. The van der Waals surface area contributed by atoms with E-state index < -0.39 is 0 Å². The van der Waals surface area contributed by atoms with E-state index in [0.717, 1.165) is 33.9 Å². The Morgan fingerprint density at radius 1 is 0.474 bits per heavy atom. The molecule has 0 N–H and O–H groups in total. The Hall–Kier alpha value is -4.88. The van der Waals surface area contributed by atoms with Crippen molar-refractivity contribution in [2.75, 3.05) is 0 Å². The second kappa shape index (κ2) is 8.33. The lowest BCUT2D eigenvalue weighted by molar-refractivity contribution is 0.670. The second-order valence-corrected chi connectivity index (χ2v) is 9.99. The first kappa shape index (κ1) is 21.2. The van der Waals surface area contributed by atoms with Gasteiger partial charge in [0.15, 0.2) is 0 Å². The third kappa shape index (κ3) is 3.06. The fourth-order valence-corrected chi connectivity index (χ4v) is 6.30. The zero-order chi connectivity index (χ0) is 25.1. The zero-order valence-electron chi connectivity index (χ0n) is 20.8. The van der Waals surface area contributed by atoms with Crippen LogP contribution < -0.4 is 0 Å². The molecule has 0 spiro atoms. The standard InChI is InChI=1S/C37H24O/c1-2-12-24-13-10-20-27(25(24)14-3-1)35-28-16-4-6-18-30(28)36(31-19-7-5-17-29(31)35)33-22-11-21-32-26-15-8-9-23-34(26)38-37(32)33/h1-13,15-23H,14H2. The summed E-state index contributed by atoms with van der Waals surface area (Å²) in [5.74, 6) is 0. The molecular formula is C37H24O. The molecule has 8 rings (SSSR count). The molecule has 0 amide bonds. The van der Waals surface area contributed by atoms with Gasteiger partial charge >= 0.3 is 0 Å². The summed E-state index contributed by atoms with van der Waals surface area (Å²) in [6.45, 7) is 0. The van der Waals surface area contributed by atoms with Crippen LogP contribution >= 0.6 is 0 Å². The fourth-order valence-electron chi connectivity index (χ4n) is 6.30. The van der Waals surface area contributed by atoms with Crippen LogP contribution in [0, 0.1) is 0 Å². The molecule has 1 heterocycles. The van der Waals surface area contributed by atoms with Gasteiger partial charge in [0.1, 0.15) is 11.2 Å². The van der Waals surface area contributed by atoms with Crippen molar-refractivity contribution < 1.29 is 4.42 Å². The van der Waals surface area contributed by atoms with Gasteiger partial charge in [-0.05, 0) is 56.3 Å². The van der Waals surface area contributed by atoms with Crippen molar-refractivity contribution >= 4 is 49.6 Å². The van der Waals surface area contributed by atoms with E-state index in [9.17, 15) is 0 Å². The van der Waals surface area contributed by atoms with Crippen molar-refractivity contribution in [3.05, 3.63) is 139 Å². The predicted molar refractivity (Wildman–Crippen MR) is 161 cm³/mol. The van der Waals surface area contributed by atoms with Crippen molar-refractivity contribution in [1.82, 2.24) is 0 Å². The molecule has 0 atom stereocenters. The molecule has 0 aliphatic heterocycles. The second-order valence-electron chi connectivity index (χ2n) is 9.99. The molecule has 0 saturated carbocycles. The normalized spacial score (nSPS) is 12.9. The first-order valence-electron chi connectivity index (χ1n) is 13.2. The molecule has 0 bridgehead atoms. The Morgan fingerprint density at radius 3 is 1.79 bits per heavy atom. The monoisotopic (exact) mass is 484 g/mol. The number of hydrogen-bond acceptors (Lipinski definition) is 1. The number of benzene rings is 6. The van der Waals surface area contributed by atoms with Gasteiger partial charge in [-0.3, -0.25) is 0 Å². The van der Waals surface area contributed by atoms with Gasteiger partial charge in [-0.1, -0.05) is 127 Å². The molecule has 178 valence electrons. The zero-order valence-corrected chi connectivity index (χ0v) is 20.8. The summed E-state index contributed by atoms with van der Waals surface area (Å²) in [4.78, 5) is 0. The van der Waals surface area contributed by atoms with Crippen LogP contribution in [-0.4, -0.2) is 0 Å². The largest absolute Gasteiger partial charge is 0.455 e. The maximum absolute atomic E-state index is 6.52. The molecule has 1 aromatic heterocycles. The Balaban J connectivity index is 1.54. The topological polar surface area (TPSA) is 13.1 Å². The summed E-state index contributed by atoms with van der Waals surface area (Å²) in [5.41, 5.74) is 9.50. The van der Waals surface area contributed by atoms with E-state index in [2.05, 4.69) is 127 Å². The van der Waals surface area contributed by atoms with Crippen LogP contribution in [0.2, 0.25) is 0 Å². The smallest absolute Gasteiger partial charge is 0.143 e. The highest BCUT2D eigenvalue weighted by atomic mass is 16.3. The first-order chi connectivity index (χ1) is 18.9. The number of hydrogen-bond donors (Lipinski definition) is 0. The Morgan fingerprint density at radius 2 is 1.05 bits per heavy atom. The fraction of sp³-hybridized carbons (Fsp3) is 0.0270. The minimum atomic E-state index is 0.918. The van der Waals surface area contributed by atoms with Gasteiger partial charge in [0.05, 0.1) is 0 Å². The van der Waals surface area contributed by atoms with Gasteiger partial charge in [-0.25, -0.2) is 0 Å². The van der Waals surface area contributed by atoms with Crippen LogP contribution in [0.3, 0.4) is 0 Å². The van der Waals surface area contributed by atoms with Crippen molar-refractivity contribution in [3.8, 4) is 22.3 Å². The van der Waals surface area contributed by atoms with Gasteiger partial charge in [-0.2, -0.15) is 0 Å². The molecule has 1 aliphatic rings. The molecular weight excluding hydrogens is 460 g/mol. The molecule has 0 radical (unpaired) electrons. The SMILES string of the molecule is C1=CCc2c(cccc2-c2c3ccccc3c(-c3cccc4c3oc3ccccc34)c3ccccc23)C=C1. The molecule has 1 nitrogen and oxygen atoms in total. The predicted octanol–water partition coefficient (Wildman–Crippen LogP) is 10.4. The third-order valence-corrected chi connectivity index (χ3v) is 7.93. The summed E-state index contributed by atoms with van der Waals surface area (Å²) in [7, 11) is 0. The van der Waals surface area contributed by atoms with Crippen LogP contribution in [0.4, 0.5) is 0 Å². The Kier molecular flexibility index (Phi) is 4.65. The lowest BCUT2D eigenvalue weighted by Gasteiger charge is -2.20. The summed E-state index contributed by atoms with van der Waals surface area (Å²) in [5, 5.41) is 7.32. The average molecular weight is 485 g/mol. The summed E-state index contributed by atoms with van der Waals surface area (Å²) < 4.78 is 6.52. The molecule has 6 aromatic carbocycles. The highest BCUT2D eigenvalue weighted by Gasteiger charge is 2.21. The molecule has 0 saturated heterocycles. The van der Waals surface area contributed by atoms with Gasteiger partial charge in [-0.15, -0.1) is 0 Å². The molecule has 0 fully saturated rings. The number of rotatable bonds is 2. The van der Waals surface area contributed by atoms with Gasteiger partial charge in [0.25, 0.3) is 0 Å². The van der Waals surface area contributed by atoms with E-state index in [-0.39, 0.29) is 0 Å². The molecule has 7 aromatic rings. The van der Waals surface area contributed by atoms with E-state index in [1.165, 1.54) is 49.4 Å². The van der Waals surface area contributed by atoms with Crippen molar-refractivity contribution in [1.29, 1.82) is 0 Å². The molecule has 1 heteroatoms. The van der Waals surface area contributed by atoms with Crippen LogP contribution in [0.25, 0.3) is 71.8 Å². The number of furan rings is 1. The summed E-state index contributed by atoms with van der Waals surface area (Å²) in [6.07, 6.45) is 9.69. The summed E-state index contributed by atoms with van der Waals surface area (Å²) in [6, 6.07) is 39.3. The Labute approximate surface area is 221 Å². The van der Waals surface area contributed by atoms with Crippen LogP contribution in [0.15, 0.2) is 132 Å². The highest BCUT2D eigenvalue weighted by molar-refractivity contribution is 6.24. The quantitative estimate of drug-likeness (QED) is 0.222. The van der Waals surface area contributed by atoms with E-state index in [4.69, 9.17) is 4.42 Å². The van der Waals surface area contributed by atoms with Crippen molar-refractivity contribution in [3.63, 3.8) is 0 Å². The highest BCUT2D eigenvalue weighted by Crippen LogP contribution is 2.47. The maximum atomic E-state index is 6.52. The van der Waals surface area contributed by atoms with Crippen LogP contribution in [0.1, 0.15) is 11.1 Å². The van der Waals surface area contributed by atoms with Gasteiger partial charge in [0, 0.05) is 21.9 Å². The van der Waals surface area contributed by atoms with Gasteiger partial charge in [0.2, 0.25) is 0 Å². The minimum absolute atomic E-state index is 0.918. The molecule has 1 aliphatic carbocycles. The van der Waals surface area contributed by atoms with E-state index >= 15 is 0 Å². The molecule has 38 heavy (non-hydrogen) atoms. The maximum Gasteiger partial charge on any atom is 0.143 e. The lowest BCUT2D eigenvalue weighted by atomic mass is 9.83. The lowest BCUT2D eigenvalue weighted by Crippen LogP contribution is -1.96. The van der Waals surface area contributed by atoms with Crippen molar-refractivity contribution in [2.24, 2.45) is 0 Å². The van der Waals surface area contributed by atoms with Gasteiger partial charge < -0.3 is 4.42 Å². The third-order valence-electron chi connectivity index (χ3n) is 7.93. The number of para-hydroxylation sites is 2. The first-order valence-corrected chi connectivity index (χ1v) is 13.2. The van der Waals surface area contributed by atoms with Crippen molar-refractivity contribution in [2.45, 2.75) is 6.42 Å².